The highest BCUT2D eigenvalue weighted by molar-refractivity contribution is 5.80. The molecule has 2 N–H and O–H groups in total. The molecule has 0 aliphatic rings. The zero-order chi connectivity index (χ0) is 25.0. The SMILES string of the molecule is CC(C)(C)OC(=O)NC(Cc1cc([N+](=O)[O-])ccc1Oc1cccc(C(F)(F)F)c1)C(=O)O. The van der Waals surface area contributed by atoms with Gasteiger partial charge in [0.15, 0.2) is 0 Å². The van der Waals surface area contributed by atoms with Gasteiger partial charge in [0, 0.05) is 24.1 Å². The maximum Gasteiger partial charge on any atom is 0.416 e. The van der Waals surface area contributed by atoms with Crippen LogP contribution in [-0.4, -0.2) is 33.7 Å². The van der Waals surface area contributed by atoms with E-state index in [1.807, 2.05) is 0 Å². The number of rotatable bonds is 7. The summed E-state index contributed by atoms with van der Waals surface area (Å²) in [6.45, 7) is 4.72. The Morgan fingerprint density at radius 3 is 2.36 bits per heavy atom. The van der Waals surface area contributed by atoms with Gasteiger partial charge in [-0.1, -0.05) is 6.07 Å². The summed E-state index contributed by atoms with van der Waals surface area (Å²) < 4.78 is 49.5. The monoisotopic (exact) mass is 470 g/mol. The second-order valence-corrected chi connectivity index (χ2v) is 7.92. The van der Waals surface area contributed by atoms with Gasteiger partial charge in [0.05, 0.1) is 10.5 Å². The van der Waals surface area contributed by atoms with Gasteiger partial charge in [-0.05, 0) is 45.0 Å². The molecule has 178 valence electrons. The number of halogens is 3. The standard InChI is InChI=1S/C21H21F3N2O7/c1-20(2,3)33-19(29)25-16(18(27)28)10-12-9-14(26(30)31)7-8-17(12)32-15-6-4-5-13(11-15)21(22,23)24/h4-9,11,16H,10H2,1-3H3,(H,25,29)(H,27,28). The molecule has 0 fully saturated rings. The quantitative estimate of drug-likeness (QED) is 0.434. The molecule has 0 radical (unpaired) electrons. The van der Waals surface area contributed by atoms with E-state index in [4.69, 9.17) is 9.47 Å². The Morgan fingerprint density at radius 2 is 1.82 bits per heavy atom. The van der Waals surface area contributed by atoms with E-state index >= 15 is 0 Å². The minimum Gasteiger partial charge on any atom is -0.480 e. The van der Waals surface area contributed by atoms with Crippen LogP contribution in [0.5, 0.6) is 11.5 Å². The number of hydrogen-bond acceptors (Lipinski definition) is 6. The summed E-state index contributed by atoms with van der Waals surface area (Å²) in [5, 5.41) is 22.8. The second kappa shape index (κ2) is 9.76. The number of non-ortho nitro benzene ring substituents is 1. The van der Waals surface area contributed by atoms with Gasteiger partial charge >= 0.3 is 18.2 Å². The van der Waals surface area contributed by atoms with Gasteiger partial charge in [0.25, 0.3) is 5.69 Å². The van der Waals surface area contributed by atoms with Crippen LogP contribution in [0.15, 0.2) is 42.5 Å². The Labute approximate surface area is 186 Å². The summed E-state index contributed by atoms with van der Waals surface area (Å²) >= 11 is 0. The number of amides is 1. The lowest BCUT2D eigenvalue weighted by Crippen LogP contribution is -2.44. The summed E-state index contributed by atoms with van der Waals surface area (Å²) in [5.74, 6) is -1.79. The highest BCUT2D eigenvalue weighted by Gasteiger charge is 2.31. The summed E-state index contributed by atoms with van der Waals surface area (Å²) in [6.07, 6.45) is -6.12. The molecular formula is C21H21F3N2O7. The van der Waals surface area contributed by atoms with Gasteiger partial charge in [0.2, 0.25) is 0 Å². The minimum absolute atomic E-state index is 0.0231. The Balaban J connectivity index is 2.38. The molecule has 1 atom stereocenters. The molecule has 0 aliphatic carbocycles. The summed E-state index contributed by atoms with van der Waals surface area (Å²) in [6, 6.07) is 5.60. The number of alkyl carbamates (subject to hydrolysis) is 1. The molecule has 0 spiro atoms. The molecule has 0 saturated heterocycles. The van der Waals surface area contributed by atoms with E-state index in [1.54, 1.807) is 20.8 Å². The third-order valence-corrected chi connectivity index (χ3v) is 4.06. The lowest BCUT2D eigenvalue weighted by Gasteiger charge is -2.22. The van der Waals surface area contributed by atoms with Gasteiger partial charge in [-0.15, -0.1) is 0 Å². The van der Waals surface area contributed by atoms with Gasteiger partial charge in [-0.2, -0.15) is 13.2 Å². The van der Waals surface area contributed by atoms with Crippen LogP contribution in [0.4, 0.5) is 23.7 Å². The van der Waals surface area contributed by atoms with Crippen LogP contribution in [0.1, 0.15) is 31.9 Å². The molecular weight excluding hydrogens is 449 g/mol. The Morgan fingerprint density at radius 1 is 1.15 bits per heavy atom. The molecule has 12 heteroatoms. The van der Waals surface area contributed by atoms with E-state index in [0.29, 0.717) is 0 Å². The molecule has 0 saturated carbocycles. The number of hydrogen-bond donors (Lipinski definition) is 2. The number of alkyl halides is 3. The van der Waals surface area contributed by atoms with Crippen LogP contribution in [0.25, 0.3) is 0 Å². The molecule has 9 nitrogen and oxygen atoms in total. The largest absolute Gasteiger partial charge is 0.480 e. The zero-order valence-electron chi connectivity index (χ0n) is 17.8. The van der Waals surface area contributed by atoms with Crippen molar-refractivity contribution in [1.82, 2.24) is 5.32 Å². The molecule has 2 aromatic rings. The average Bonchev–Trinajstić information content (AvgIpc) is 2.66. The van der Waals surface area contributed by atoms with E-state index in [1.165, 1.54) is 6.07 Å². The highest BCUT2D eigenvalue weighted by atomic mass is 19.4. The minimum atomic E-state index is -4.62. The van der Waals surface area contributed by atoms with Crippen molar-refractivity contribution in [3.05, 3.63) is 63.7 Å². The number of carbonyl (C=O) groups is 2. The van der Waals surface area contributed by atoms with Crippen molar-refractivity contribution in [2.75, 3.05) is 0 Å². The van der Waals surface area contributed by atoms with Crippen LogP contribution in [-0.2, 0) is 22.1 Å². The van der Waals surface area contributed by atoms with E-state index in [2.05, 4.69) is 5.32 Å². The number of carbonyl (C=O) groups excluding carboxylic acids is 1. The van der Waals surface area contributed by atoms with Crippen molar-refractivity contribution in [2.45, 2.75) is 45.0 Å². The van der Waals surface area contributed by atoms with Crippen molar-refractivity contribution in [3.63, 3.8) is 0 Å². The Kier molecular flexibility index (Phi) is 7.52. The number of benzene rings is 2. The van der Waals surface area contributed by atoms with Gasteiger partial charge < -0.3 is 19.9 Å². The smallest absolute Gasteiger partial charge is 0.416 e. The molecule has 1 amide bonds. The molecule has 0 heterocycles. The predicted octanol–water partition coefficient (Wildman–Crippen LogP) is 4.93. The normalized spacial score (nSPS) is 12.5. The lowest BCUT2D eigenvalue weighted by atomic mass is 10.0. The average molecular weight is 470 g/mol. The van der Waals surface area contributed by atoms with Crippen LogP contribution < -0.4 is 10.1 Å². The zero-order valence-corrected chi connectivity index (χ0v) is 17.8. The number of nitro benzene ring substituents is 1. The number of nitro groups is 1. The van der Waals surface area contributed by atoms with E-state index < -0.39 is 52.5 Å². The van der Waals surface area contributed by atoms with E-state index in [0.717, 1.165) is 36.4 Å². The molecule has 0 aromatic heterocycles. The highest BCUT2D eigenvalue weighted by Crippen LogP contribution is 2.34. The predicted molar refractivity (Wildman–Crippen MR) is 109 cm³/mol. The van der Waals surface area contributed by atoms with Crippen molar-refractivity contribution in [1.29, 1.82) is 0 Å². The second-order valence-electron chi connectivity index (χ2n) is 7.92. The van der Waals surface area contributed by atoms with Crippen molar-refractivity contribution >= 4 is 17.7 Å². The van der Waals surface area contributed by atoms with Gasteiger partial charge in [-0.25, -0.2) is 9.59 Å². The molecule has 1 unspecified atom stereocenters. The van der Waals surface area contributed by atoms with Crippen molar-refractivity contribution in [3.8, 4) is 11.5 Å². The number of ether oxygens (including phenoxy) is 2. The lowest BCUT2D eigenvalue weighted by molar-refractivity contribution is -0.384. The summed E-state index contributed by atoms with van der Waals surface area (Å²) in [4.78, 5) is 34.1. The number of carboxylic acid groups (broad SMARTS) is 1. The molecule has 2 rings (SSSR count). The van der Waals surface area contributed by atoms with Gasteiger partial charge in [-0.3, -0.25) is 10.1 Å². The molecule has 2 aromatic carbocycles. The van der Waals surface area contributed by atoms with Crippen LogP contribution >= 0.6 is 0 Å². The van der Waals surface area contributed by atoms with E-state index in [9.17, 15) is 38.0 Å². The number of nitrogens with one attached hydrogen (secondary N) is 1. The van der Waals surface area contributed by atoms with Crippen LogP contribution in [0.3, 0.4) is 0 Å². The first-order valence-corrected chi connectivity index (χ1v) is 9.50. The fraction of sp³-hybridized carbons (Fsp3) is 0.333. The van der Waals surface area contributed by atoms with Crippen LogP contribution in [0.2, 0.25) is 0 Å². The number of nitrogens with zero attached hydrogens (tertiary/aromatic N) is 1. The first-order chi connectivity index (χ1) is 15.2. The van der Waals surface area contributed by atoms with Gasteiger partial charge in [0.1, 0.15) is 23.1 Å². The number of carboxylic acids is 1. The maximum absolute atomic E-state index is 13.0. The van der Waals surface area contributed by atoms with Crippen molar-refractivity contribution < 1.29 is 42.3 Å². The third-order valence-electron chi connectivity index (χ3n) is 4.06. The molecule has 0 bridgehead atoms. The first kappa shape index (κ1) is 25.4. The van der Waals surface area contributed by atoms with Crippen molar-refractivity contribution in [2.24, 2.45) is 0 Å². The summed E-state index contributed by atoms with van der Waals surface area (Å²) in [7, 11) is 0. The summed E-state index contributed by atoms with van der Waals surface area (Å²) in [5.41, 5.74) is -2.30. The first-order valence-electron chi connectivity index (χ1n) is 9.50. The molecule has 33 heavy (non-hydrogen) atoms. The molecule has 0 aliphatic heterocycles. The topological polar surface area (TPSA) is 128 Å². The Hall–Kier alpha value is -3.83. The van der Waals surface area contributed by atoms with Crippen LogP contribution in [0, 0.1) is 10.1 Å². The van der Waals surface area contributed by atoms with E-state index in [-0.39, 0.29) is 17.1 Å². The Bertz CT molecular complexity index is 1050. The maximum atomic E-state index is 13.0. The fourth-order valence-corrected chi connectivity index (χ4v) is 2.67. The number of aliphatic carboxylic acids is 1. The fourth-order valence-electron chi connectivity index (χ4n) is 2.67. The third kappa shape index (κ3) is 7.66.